The van der Waals surface area contributed by atoms with Gasteiger partial charge in [0.05, 0.1) is 12.2 Å². The van der Waals surface area contributed by atoms with Crippen LogP contribution in [0.4, 0.5) is 0 Å². The molecular formula is C17H17BrO2. The average molecular weight is 333 g/mol. The maximum Gasteiger partial charge on any atom is 0.196 e. The molecular weight excluding hydrogens is 316 g/mol. The van der Waals surface area contributed by atoms with Crippen LogP contribution < -0.4 is 4.74 Å². The lowest BCUT2D eigenvalue weighted by Crippen LogP contribution is -2.06. The monoisotopic (exact) mass is 332 g/mol. The van der Waals surface area contributed by atoms with E-state index in [1.807, 2.05) is 57.2 Å². The smallest absolute Gasteiger partial charge is 0.196 e. The number of benzene rings is 2. The molecule has 0 heterocycles. The van der Waals surface area contributed by atoms with Crippen LogP contribution in [0, 0.1) is 13.8 Å². The van der Waals surface area contributed by atoms with Crippen molar-refractivity contribution in [2.24, 2.45) is 0 Å². The van der Waals surface area contributed by atoms with Gasteiger partial charge >= 0.3 is 0 Å². The van der Waals surface area contributed by atoms with Crippen molar-refractivity contribution >= 4 is 21.7 Å². The van der Waals surface area contributed by atoms with E-state index in [9.17, 15) is 4.79 Å². The fourth-order valence-electron chi connectivity index (χ4n) is 2.04. The molecule has 0 aliphatic heterocycles. The predicted octanol–water partition coefficient (Wildman–Crippen LogP) is 4.70. The van der Waals surface area contributed by atoms with E-state index in [-0.39, 0.29) is 5.78 Å². The summed E-state index contributed by atoms with van der Waals surface area (Å²) in [5.41, 5.74) is 3.39. The molecule has 0 aromatic heterocycles. The summed E-state index contributed by atoms with van der Waals surface area (Å²) in [6.45, 7) is 6.40. The van der Waals surface area contributed by atoms with Crippen molar-refractivity contribution in [2.75, 3.05) is 6.61 Å². The van der Waals surface area contributed by atoms with Gasteiger partial charge in [-0.2, -0.15) is 0 Å². The predicted molar refractivity (Wildman–Crippen MR) is 84.7 cm³/mol. The lowest BCUT2D eigenvalue weighted by Gasteiger charge is -2.11. The zero-order chi connectivity index (χ0) is 14.7. The minimum Gasteiger partial charge on any atom is -0.493 e. The van der Waals surface area contributed by atoms with Gasteiger partial charge in [-0.1, -0.05) is 27.6 Å². The van der Waals surface area contributed by atoms with Crippen molar-refractivity contribution in [1.82, 2.24) is 0 Å². The number of hydrogen-bond acceptors (Lipinski definition) is 2. The number of ketones is 1. The Hall–Kier alpha value is -1.61. The molecule has 2 aromatic carbocycles. The third-order valence-corrected chi connectivity index (χ3v) is 3.99. The first-order valence-electron chi connectivity index (χ1n) is 6.57. The summed E-state index contributed by atoms with van der Waals surface area (Å²) in [6, 6.07) is 11.3. The zero-order valence-corrected chi connectivity index (χ0v) is 13.5. The van der Waals surface area contributed by atoms with Crippen LogP contribution in [0.2, 0.25) is 0 Å². The van der Waals surface area contributed by atoms with E-state index in [0.717, 1.165) is 15.6 Å². The molecule has 0 spiro atoms. The number of halogens is 1. The normalized spacial score (nSPS) is 10.4. The molecule has 0 aliphatic carbocycles. The van der Waals surface area contributed by atoms with Crippen LogP contribution in [0.25, 0.3) is 0 Å². The number of ether oxygens (including phenoxy) is 1. The third kappa shape index (κ3) is 3.10. The highest BCUT2D eigenvalue weighted by molar-refractivity contribution is 9.10. The van der Waals surface area contributed by atoms with Gasteiger partial charge in [-0.25, -0.2) is 0 Å². The highest BCUT2D eigenvalue weighted by atomic mass is 79.9. The van der Waals surface area contributed by atoms with Crippen molar-refractivity contribution in [3.63, 3.8) is 0 Å². The summed E-state index contributed by atoms with van der Waals surface area (Å²) in [4.78, 5) is 12.7. The standard InChI is InChI=1S/C17H17BrO2/c1-4-20-16-8-5-11(2)9-14(16)17(19)13-6-7-15(18)12(3)10-13/h5-10H,4H2,1-3H3. The second kappa shape index (κ2) is 6.23. The van der Waals surface area contributed by atoms with Crippen molar-refractivity contribution in [3.05, 3.63) is 63.1 Å². The molecule has 0 N–H and O–H groups in total. The van der Waals surface area contributed by atoms with Gasteiger partial charge in [-0.15, -0.1) is 0 Å². The summed E-state index contributed by atoms with van der Waals surface area (Å²) < 4.78 is 6.56. The highest BCUT2D eigenvalue weighted by Gasteiger charge is 2.15. The Labute approximate surface area is 127 Å². The maximum atomic E-state index is 12.7. The van der Waals surface area contributed by atoms with Gasteiger partial charge in [0.25, 0.3) is 0 Å². The van der Waals surface area contributed by atoms with E-state index < -0.39 is 0 Å². The van der Waals surface area contributed by atoms with Gasteiger partial charge < -0.3 is 4.74 Å². The molecule has 0 aliphatic rings. The quantitative estimate of drug-likeness (QED) is 0.759. The van der Waals surface area contributed by atoms with Crippen LogP contribution in [0.15, 0.2) is 40.9 Å². The van der Waals surface area contributed by atoms with Crippen molar-refractivity contribution in [1.29, 1.82) is 0 Å². The summed E-state index contributed by atoms with van der Waals surface area (Å²) in [5, 5.41) is 0. The van der Waals surface area contributed by atoms with Crippen LogP contribution in [0.1, 0.15) is 34.0 Å². The Morgan fingerprint density at radius 1 is 1.15 bits per heavy atom. The summed E-state index contributed by atoms with van der Waals surface area (Å²) in [6.07, 6.45) is 0. The van der Waals surface area contributed by atoms with Gasteiger partial charge in [0.2, 0.25) is 0 Å². The third-order valence-electron chi connectivity index (χ3n) is 3.10. The van der Waals surface area contributed by atoms with Gasteiger partial charge in [0.1, 0.15) is 5.75 Å². The molecule has 0 saturated carbocycles. The highest BCUT2D eigenvalue weighted by Crippen LogP contribution is 2.25. The van der Waals surface area contributed by atoms with Gasteiger partial charge in [-0.05, 0) is 56.7 Å². The Morgan fingerprint density at radius 3 is 2.55 bits per heavy atom. The van der Waals surface area contributed by atoms with Crippen molar-refractivity contribution in [3.8, 4) is 5.75 Å². The van der Waals surface area contributed by atoms with Crippen molar-refractivity contribution in [2.45, 2.75) is 20.8 Å². The largest absolute Gasteiger partial charge is 0.493 e. The van der Waals surface area contributed by atoms with Crippen LogP contribution >= 0.6 is 15.9 Å². The van der Waals surface area contributed by atoms with E-state index in [4.69, 9.17) is 4.74 Å². The lowest BCUT2D eigenvalue weighted by atomic mass is 9.99. The molecule has 2 aromatic rings. The SMILES string of the molecule is CCOc1ccc(C)cc1C(=O)c1ccc(Br)c(C)c1. The second-order valence-electron chi connectivity index (χ2n) is 4.73. The van der Waals surface area contributed by atoms with E-state index in [1.165, 1.54) is 0 Å². The lowest BCUT2D eigenvalue weighted by molar-refractivity contribution is 0.103. The number of carbonyl (C=O) groups is 1. The van der Waals surface area contributed by atoms with E-state index in [0.29, 0.717) is 23.5 Å². The topological polar surface area (TPSA) is 26.3 Å². The first kappa shape index (κ1) is 14.8. The number of rotatable bonds is 4. The molecule has 20 heavy (non-hydrogen) atoms. The first-order valence-corrected chi connectivity index (χ1v) is 7.36. The Kier molecular flexibility index (Phi) is 4.61. The molecule has 0 radical (unpaired) electrons. The Balaban J connectivity index is 2.46. The number of aryl methyl sites for hydroxylation is 2. The molecule has 0 saturated heterocycles. The minimum absolute atomic E-state index is 0.00671. The summed E-state index contributed by atoms with van der Waals surface area (Å²) >= 11 is 3.45. The molecule has 104 valence electrons. The molecule has 3 heteroatoms. The molecule has 0 fully saturated rings. The van der Waals surface area contributed by atoms with Gasteiger partial charge in [-0.3, -0.25) is 4.79 Å². The van der Waals surface area contributed by atoms with Crippen LogP contribution in [0.5, 0.6) is 5.75 Å². The number of hydrogen-bond donors (Lipinski definition) is 0. The minimum atomic E-state index is -0.00671. The molecule has 0 unspecified atom stereocenters. The van der Waals surface area contributed by atoms with Crippen molar-refractivity contribution < 1.29 is 9.53 Å². The van der Waals surface area contributed by atoms with Crippen LogP contribution in [0.3, 0.4) is 0 Å². The molecule has 0 atom stereocenters. The first-order chi connectivity index (χ1) is 9.52. The number of carbonyl (C=O) groups excluding carboxylic acids is 1. The Bertz CT molecular complexity index is 647. The average Bonchev–Trinajstić information content (AvgIpc) is 2.43. The Morgan fingerprint density at radius 2 is 1.90 bits per heavy atom. The van der Waals surface area contributed by atoms with E-state index in [2.05, 4.69) is 15.9 Å². The molecule has 2 nitrogen and oxygen atoms in total. The molecule has 0 bridgehead atoms. The van der Waals surface area contributed by atoms with Crippen LogP contribution in [-0.2, 0) is 0 Å². The van der Waals surface area contributed by atoms with Crippen LogP contribution in [-0.4, -0.2) is 12.4 Å². The van der Waals surface area contributed by atoms with Gasteiger partial charge in [0.15, 0.2) is 5.78 Å². The van der Waals surface area contributed by atoms with E-state index in [1.54, 1.807) is 0 Å². The fraction of sp³-hybridized carbons (Fsp3) is 0.235. The van der Waals surface area contributed by atoms with E-state index >= 15 is 0 Å². The molecule has 0 amide bonds. The summed E-state index contributed by atoms with van der Waals surface area (Å²) in [5.74, 6) is 0.636. The maximum absolute atomic E-state index is 12.7. The summed E-state index contributed by atoms with van der Waals surface area (Å²) in [7, 11) is 0. The molecule has 2 rings (SSSR count). The zero-order valence-electron chi connectivity index (χ0n) is 11.9. The van der Waals surface area contributed by atoms with Gasteiger partial charge in [0, 0.05) is 10.0 Å². The fourth-order valence-corrected chi connectivity index (χ4v) is 2.29. The second-order valence-corrected chi connectivity index (χ2v) is 5.58.